The van der Waals surface area contributed by atoms with Crippen molar-refractivity contribution in [1.29, 1.82) is 0 Å². The molecule has 0 amide bonds. The minimum atomic E-state index is 0.797. The molecule has 0 N–H and O–H groups in total. The Kier molecular flexibility index (Phi) is 4.49. The Labute approximate surface area is 142 Å². The van der Waals surface area contributed by atoms with Crippen LogP contribution in [0.3, 0.4) is 0 Å². The first kappa shape index (κ1) is 16.4. The molecule has 0 saturated carbocycles. The third-order valence-corrected chi connectivity index (χ3v) is 4.29. The first-order chi connectivity index (χ1) is 11.5. The molecule has 0 bridgehead atoms. The second-order valence-electron chi connectivity index (χ2n) is 6.52. The lowest BCUT2D eigenvalue weighted by atomic mass is 10.1. The molecule has 0 unspecified atom stereocenters. The van der Waals surface area contributed by atoms with Gasteiger partial charge in [0.1, 0.15) is 6.33 Å². The number of benzene rings is 1. The molecule has 3 aromatic rings. The van der Waals surface area contributed by atoms with Crippen molar-refractivity contribution in [3.63, 3.8) is 0 Å². The van der Waals surface area contributed by atoms with Crippen LogP contribution in [0.5, 0.6) is 0 Å². The Bertz CT molecular complexity index is 852. The summed E-state index contributed by atoms with van der Waals surface area (Å²) in [5, 5.41) is 12.8. The maximum atomic E-state index is 4.50. The van der Waals surface area contributed by atoms with Gasteiger partial charge in [-0.05, 0) is 44.6 Å². The first-order valence-electron chi connectivity index (χ1n) is 8.07. The van der Waals surface area contributed by atoms with Crippen LogP contribution in [0, 0.1) is 13.8 Å². The molecule has 1 aromatic carbocycles. The smallest absolute Gasteiger partial charge is 0.201 e. The maximum absolute atomic E-state index is 4.50. The zero-order valence-electron chi connectivity index (χ0n) is 15.0. The predicted molar refractivity (Wildman–Crippen MR) is 96.2 cm³/mol. The molecule has 0 atom stereocenters. The van der Waals surface area contributed by atoms with Crippen LogP contribution in [0.25, 0.3) is 5.65 Å². The molecule has 2 heterocycles. The number of hydrogen-bond acceptors (Lipinski definition) is 5. The van der Waals surface area contributed by atoms with Crippen LogP contribution in [0.15, 0.2) is 30.6 Å². The highest BCUT2D eigenvalue weighted by Crippen LogP contribution is 2.27. The van der Waals surface area contributed by atoms with Gasteiger partial charge in [0, 0.05) is 20.1 Å². The van der Waals surface area contributed by atoms with Crippen LogP contribution in [-0.4, -0.2) is 45.9 Å². The van der Waals surface area contributed by atoms with Crippen molar-refractivity contribution in [3.8, 4) is 0 Å². The van der Waals surface area contributed by atoms with Crippen molar-refractivity contribution >= 4 is 11.3 Å². The van der Waals surface area contributed by atoms with E-state index in [1.807, 2.05) is 6.92 Å². The second-order valence-corrected chi connectivity index (χ2v) is 6.52. The number of aromatic nitrogens is 4. The molecule has 0 aliphatic rings. The fourth-order valence-corrected chi connectivity index (χ4v) is 3.03. The van der Waals surface area contributed by atoms with E-state index in [1.165, 1.54) is 11.1 Å². The Morgan fingerprint density at radius 2 is 1.67 bits per heavy atom. The Balaban J connectivity index is 1.98. The fourth-order valence-electron chi connectivity index (χ4n) is 3.03. The van der Waals surface area contributed by atoms with Crippen molar-refractivity contribution in [2.45, 2.75) is 26.9 Å². The fraction of sp³-hybridized carbons (Fsp3) is 0.389. The summed E-state index contributed by atoms with van der Waals surface area (Å²) in [6, 6.07) is 8.58. The molecule has 6 nitrogen and oxygen atoms in total. The van der Waals surface area contributed by atoms with Gasteiger partial charge in [0.2, 0.25) is 5.65 Å². The minimum Gasteiger partial charge on any atom is -0.367 e. The molecule has 126 valence electrons. The number of hydrogen-bond donors (Lipinski definition) is 0. The van der Waals surface area contributed by atoms with Crippen LogP contribution in [-0.2, 0) is 13.1 Å². The summed E-state index contributed by atoms with van der Waals surface area (Å²) >= 11 is 0. The zero-order valence-corrected chi connectivity index (χ0v) is 15.0. The third-order valence-electron chi connectivity index (χ3n) is 4.29. The quantitative estimate of drug-likeness (QED) is 0.721. The lowest BCUT2D eigenvalue weighted by Gasteiger charge is -2.24. The van der Waals surface area contributed by atoms with Crippen molar-refractivity contribution in [2.24, 2.45) is 0 Å². The summed E-state index contributed by atoms with van der Waals surface area (Å²) < 4.78 is 1.75. The van der Waals surface area contributed by atoms with Gasteiger partial charge in [0.15, 0.2) is 0 Å². The van der Waals surface area contributed by atoms with Crippen molar-refractivity contribution in [2.75, 3.05) is 26.0 Å². The van der Waals surface area contributed by atoms with Gasteiger partial charge in [-0.3, -0.25) is 0 Å². The SMILES string of the molecule is Cc1nn2cnnc2c(N(C)Cc2ccccc2CN(C)C)c1C. The normalized spacial score (nSPS) is 11.4. The van der Waals surface area contributed by atoms with E-state index in [4.69, 9.17) is 0 Å². The van der Waals surface area contributed by atoms with E-state index < -0.39 is 0 Å². The predicted octanol–water partition coefficient (Wildman–Crippen LogP) is 2.44. The number of fused-ring (bicyclic) bond motifs is 1. The Morgan fingerprint density at radius 3 is 2.33 bits per heavy atom. The van der Waals surface area contributed by atoms with Crippen LogP contribution >= 0.6 is 0 Å². The second kappa shape index (κ2) is 6.57. The molecule has 0 fully saturated rings. The van der Waals surface area contributed by atoms with Gasteiger partial charge < -0.3 is 9.80 Å². The van der Waals surface area contributed by atoms with Gasteiger partial charge in [-0.1, -0.05) is 24.3 Å². The summed E-state index contributed by atoms with van der Waals surface area (Å²) in [5.41, 5.74) is 6.68. The lowest BCUT2D eigenvalue weighted by Crippen LogP contribution is -2.22. The molecule has 24 heavy (non-hydrogen) atoms. The van der Waals surface area contributed by atoms with Crippen LogP contribution in [0.4, 0.5) is 5.69 Å². The van der Waals surface area contributed by atoms with Crippen molar-refractivity contribution in [3.05, 3.63) is 53.0 Å². The largest absolute Gasteiger partial charge is 0.367 e. The highest BCUT2D eigenvalue weighted by atomic mass is 15.4. The molecule has 0 aliphatic carbocycles. The monoisotopic (exact) mass is 324 g/mol. The van der Waals surface area contributed by atoms with E-state index in [9.17, 15) is 0 Å². The van der Waals surface area contributed by atoms with Gasteiger partial charge in [-0.25, -0.2) is 0 Å². The summed E-state index contributed by atoms with van der Waals surface area (Å²) in [5.74, 6) is 0. The van der Waals surface area contributed by atoms with Crippen molar-refractivity contribution < 1.29 is 0 Å². The molecule has 0 radical (unpaired) electrons. The summed E-state index contributed by atoms with van der Waals surface area (Å²) in [6.45, 7) is 5.86. The lowest BCUT2D eigenvalue weighted by molar-refractivity contribution is 0.401. The Hall–Kier alpha value is -2.47. The summed E-state index contributed by atoms with van der Waals surface area (Å²) in [7, 11) is 6.29. The van der Waals surface area contributed by atoms with Gasteiger partial charge in [0.25, 0.3) is 0 Å². The topological polar surface area (TPSA) is 49.6 Å². The molecular weight excluding hydrogens is 300 g/mol. The highest BCUT2D eigenvalue weighted by molar-refractivity contribution is 5.72. The van der Waals surface area contributed by atoms with E-state index in [-0.39, 0.29) is 0 Å². The van der Waals surface area contributed by atoms with E-state index in [2.05, 4.69) is 77.4 Å². The first-order valence-corrected chi connectivity index (χ1v) is 8.07. The third kappa shape index (κ3) is 3.10. The van der Waals surface area contributed by atoms with Crippen LogP contribution < -0.4 is 4.90 Å². The van der Waals surface area contributed by atoms with Gasteiger partial charge in [-0.2, -0.15) is 9.61 Å². The van der Waals surface area contributed by atoms with Gasteiger partial charge >= 0.3 is 0 Å². The van der Waals surface area contributed by atoms with E-state index in [0.29, 0.717) is 0 Å². The van der Waals surface area contributed by atoms with Crippen LogP contribution in [0.2, 0.25) is 0 Å². The van der Waals surface area contributed by atoms with Gasteiger partial charge in [-0.15, -0.1) is 10.2 Å². The van der Waals surface area contributed by atoms with Gasteiger partial charge in [0.05, 0.1) is 11.4 Å². The molecule has 2 aromatic heterocycles. The molecule has 0 spiro atoms. The van der Waals surface area contributed by atoms with Crippen molar-refractivity contribution in [1.82, 2.24) is 24.7 Å². The van der Waals surface area contributed by atoms with E-state index in [0.717, 1.165) is 35.7 Å². The molecule has 0 aliphatic heterocycles. The molecule has 3 rings (SSSR count). The number of aryl methyl sites for hydroxylation is 1. The molecule has 6 heteroatoms. The average molecular weight is 324 g/mol. The highest BCUT2D eigenvalue weighted by Gasteiger charge is 2.16. The summed E-state index contributed by atoms with van der Waals surface area (Å²) in [6.07, 6.45) is 1.65. The minimum absolute atomic E-state index is 0.797. The van der Waals surface area contributed by atoms with E-state index >= 15 is 0 Å². The Morgan fingerprint density at radius 1 is 1.00 bits per heavy atom. The average Bonchev–Trinajstić information content (AvgIpc) is 2.97. The summed E-state index contributed by atoms with van der Waals surface area (Å²) in [4.78, 5) is 4.43. The van der Waals surface area contributed by atoms with Crippen LogP contribution in [0.1, 0.15) is 22.4 Å². The van der Waals surface area contributed by atoms with E-state index in [1.54, 1.807) is 10.8 Å². The zero-order chi connectivity index (χ0) is 17.3. The maximum Gasteiger partial charge on any atom is 0.201 e. The standard InChI is InChI=1S/C18H24N6/c1-13-14(2)21-24-12-19-20-18(24)17(13)23(5)11-16-9-7-6-8-15(16)10-22(3)4/h6-9,12H,10-11H2,1-5H3. The molecule has 0 saturated heterocycles. The molecular formula is C18H24N6. The number of nitrogens with zero attached hydrogens (tertiary/aromatic N) is 6. The number of rotatable bonds is 5. The number of anilines is 1.